The predicted molar refractivity (Wildman–Crippen MR) is 88.8 cm³/mol. The fourth-order valence-corrected chi connectivity index (χ4v) is 6.05. The molecule has 1 aromatic rings. The molecule has 5 heteroatoms. The van der Waals surface area contributed by atoms with Crippen LogP contribution in [0.1, 0.15) is 20.3 Å². The van der Waals surface area contributed by atoms with Crippen LogP contribution in [0.2, 0.25) is 18.6 Å². The summed E-state index contributed by atoms with van der Waals surface area (Å²) in [5.41, 5.74) is -0.151. The van der Waals surface area contributed by atoms with Gasteiger partial charge in [-0.25, -0.2) is 0 Å². The third-order valence-electron chi connectivity index (χ3n) is 4.44. The minimum absolute atomic E-state index is 0.0606. The summed E-state index contributed by atoms with van der Waals surface area (Å²) in [6.07, 6.45) is 0.583. The van der Waals surface area contributed by atoms with E-state index in [0.29, 0.717) is 13.0 Å². The summed E-state index contributed by atoms with van der Waals surface area (Å²) < 4.78 is 16.6. The first-order chi connectivity index (χ1) is 10.3. The van der Waals surface area contributed by atoms with Crippen LogP contribution in [0.5, 0.6) is 0 Å². The zero-order valence-electron chi connectivity index (χ0n) is 14.1. The fourth-order valence-electron chi connectivity index (χ4n) is 3.04. The lowest BCUT2D eigenvalue weighted by molar-refractivity contribution is -0.146. The lowest BCUT2D eigenvalue weighted by Crippen LogP contribution is -2.50. The summed E-state index contributed by atoms with van der Waals surface area (Å²) in [6.45, 7) is 8.76. The van der Waals surface area contributed by atoms with Crippen molar-refractivity contribution in [3.8, 4) is 0 Å². The molecule has 122 valence electrons. The fraction of sp³-hybridized carbons (Fsp3) is 0.588. The van der Waals surface area contributed by atoms with Gasteiger partial charge in [0.15, 0.2) is 5.79 Å². The lowest BCUT2D eigenvalue weighted by Gasteiger charge is -2.32. The third kappa shape index (κ3) is 3.77. The summed E-state index contributed by atoms with van der Waals surface area (Å²) in [7, 11) is -0.558. The zero-order valence-corrected chi connectivity index (χ0v) is 15.1. The summed E-state index contributed by atoms with van der Waals surface area (Å²) >= 11 is 0. The maximum absolute atomic E-state index is 12.4. The number of hydrogen-bond acceptors (Lipinski definition) is 4. The second-order valence-corrected chi connectivity index (χ2v) is 11.6. The van der Waals surface area contributed by atoms with Crippen molar-refractivity contribution in [3.05, 3.63) is 30.3 Å². The third-order valence-corrected chi connectivity index (χ3v) is 8.48. The van der Waals surface area contributed by atoms with Crippen molar-refractivity contribution in [1.29, 1.82) is 0 Å². The van der Waals surface area contributed by atoms with Gasteiger partial charge in [-0.3, -0.25) is 4.79 Å². The average Bonchev–Trinajstić information content (AvgIpc) is 2.84. The first-order valence-electron chi connectivity index (χ1n) is 7.71. The molecule has 2 rings (SSSR count). The normalized spacial score (nSPS) is 22.3. The molecule has 1 saturated heterocycles. The number of ether oxygens (including phenoxy) is 3. The van der Waals surface area contributed by atoms with Gasteiger partial charge >= 0.3 is 5.97 Å². The van der Waals surface area contributed by atoms with Crippen LogP contribution in [0.25, 0.3) is 0 Å². The summed E-state index contributed by atoms with van der Waals surface area (Å²) in [5, 5.41) is 1.25. The smallest absolute Gasteiger partial charge is 0.306 e. The van der Waals surface area contributed by atoms with Crippen molar-refractivity contribution < 1.29 is 19.0 Å². The maximum Gasteiger partial charge on any atom is 0.306 e. The van der Waals surface area contributed by atoms with Crippen molar-refractivity contribution in [2.24, 2.45) is 0 Å². The van der Waals surface area contributed by atoms with Crippen LogP contribution in [0.15, 0.2) is 30.3 Å². The van der Waals surface area contributed by atoms with E-state index in [4.69, 9.17) is 14.2 Å². The second-order valence-electron chi connectivity index (χ2n) is 6.85. The molecule has 4 nitrogen and oxygen atoms in total. The van der Waals surface area contributed by atoms with E-state index < -0.39 is 13.9 Å². The van der Waals surface area contributed by atoms with E-state index in [9.17, 15) is 4.79 Å². The number of carbonyl (C=O) groups is 1. The Bertz CT molecular complexity index is 513. The van der Waals surface area contributed by atoms with Crippen LogP contribution < -0.4 is 5.19 Å². The quantitative estimate of drug-likeness (QED) is 0.617. The minimum Gasteiger partial charge on any atom is -0.469 e. The maximum atomic E-state index is 12.4. The Balaban J connectivity index is 2.21. The van der Waals surface area contributed by atoms with Gasteiger partial charge in [0, 0.05) is 0 Å². The largest absolute Gasteiger partial charge is 0.469 e. The molecule has 0 amide bonds. The monoisotopic (exact) mass is 322 g/mol. The Kier molecular flexibility index (Phi) is 5.09. The molecule has 1 fully saturated rings. The molecule has 1 aromatic carbocycles. The molecule has 1 aliphatic heterocycles. The molecule has 1 aliphatic rings. The van der Waals surface area contributed by atoms with Crippen molar-refractivity contribution in [2.45, 2.75) is 50.8 Å². The van der Waals surface area contributed by atoms with Crippen molar-refractivity contribution in [3.63, 3.8) is 0 Å². The molecule has 0 saturated carbocycles. The number of rotatable bonds is 5. The van der Waals surface area contributed by atoms with E-state index in [-0.39, 0.29) is 17.6 Å². The minimum atomic E-state index is -2.02. The molecule has 0 aliphatic carbocycles. The molecular formula is C17H26O4Si. The molecule has 0 spiro atoms. The van der Waals surface area contributed by atoms with E-state index in [1.807, 2.05) is 32.0 Å². The van der Waals surface area contributed by atoms with Crippen LogP contribution >= 0.6 is 0 Å². The molecule has 2 atom stereocenters. The van der Waals surface area contributed by atoms with E-state index in [2.05, 4.69) is 25.2 Å². The Morgan fingerprint density at radius 2 is 2.00 bits per heavy atom. The van der Waals surface area contributed by atoms with Crippen LogP contribution in [0.3, 0.4) is 0 Å². The highest BCUT2D eigenvalue weighted by atomic mass is 28.3. The number of hydrogen-bond donors (Lipinski definition) is 0. The molecule has 0 aromatic heterocycles. The van der Waals surface area contributed by atoms with Crippen molar-refractivity contribution >= 4 is 19.2 Å². The van der Waals surface area contributed by atoms with Crippen LogP contribution in [0.4, 0.5) is 0 Å². The Labute approximate surface area is 133 Å². The topological polar surface area (TPSA) is 44.8 Å². The summed E-state index contributed by atoms with van der Waals surface area (Å²) in [5.74, 6) is -0.710. The first kappa shape index (κ1) is 17.2. The highest BCUT2D eigenvalue weighted by Crippen LogP contribution is 2.33. The van der Waals surface area contributed by atoms with Gasteiger partial charge < -0.3 is 14.2 Å². The highest BCUT2D eigenvalue weighted by molar-refractivity contribution is 6.93. The van der Waals surface area contributed by atoms with Crippen LogP contribution in [-0.4, -0.2) is 39.7 Å². The Morgan fingerprint density at radius 1 is 1.36 bits per heavy atom. The van der Waals surface area contributed by atoms with Gasteiger partial charge in [-0.05, 0) is 20.3 Å². The molecule has 0 radical (unpaired) electrons. The van der Waals surface area contributed by atoms with Crippen molar-refractivity contribution in [2.75, 3.05) is 13.7 Å². The van der Waals surface area contributed by atoms with Gasteiger partial charge in [0.1, 0.15) is 0 Å². The van der Waals surface area contributed by atoms with E-state index in [1.54, 1.807) is 0 Å². The predicted octanol–water partition coefficient (Wildman–Crippen LogP) is 2.69. The highest BCUT2D eigenvalue weighted by Gasteiger charge is 2.43. The number of benzene rings is 1. The van der Waals surface area contributed by atoms with Gasteiger partial charge in [-0.1, -0.05) is 48.6 Å². The Morgan fingerprint density at radius 3 is 2.50 bits per heavy atom. The molecule has 1 heterocycles. The molecule has 0 unspecified atom stereocenters. The number of carbonyl (C=O) groups excluding carboxylic acids is 1. The van der Waals surface area contributed by atoms with Crippen molar-refractivity contribution in [1.82, 2.24) is 0 Å². The zero-order chi connectivity index (χ0) is 16.4. The van der Waals surface area contributed by atoms with Crippen LogP contribution in [-0.2, 0) is 19.0 Å². The van der Waals surface area contributed by atoms with E-state index in [0.717, 1.165) is 0 Å². The van der Waals surface area contributed by atoms with Gasteiger partial charge in [-0.2, -0.15) is 0 Å². The van der Waals surface area contributed by atoms with Gasteiger partial charge in [0.05, 0.1) is 33.4 Å². The lowest BCUT2D eigenvalue weighted by atomic mass is 10.2. The van der Waals surface area contributed by atoms with Crippen LogP contribution in [0, 0.1) is 0 Å². The van der Waals surface area contributed by atoms with Gasteiger partial charge in [0.25, 0.3) is 0 Å². The second kappa shape index (κ2) is 6.52. The first-order valence-corrected chi connectivity index (χ1v) is 10.8. The van der Waals surface area contributed by atoms with E-state index >= 15 is 0 Å². The Hall–Kier alpha value is -1.17. The number of methoxy groups -OCH3 is 1. The summed E-state index contributed by atoms with van der Waals surface area (Å²) in [4.78, 5) is 12.4. The molecule has 22 heavy (non-hydrogen) atoms. The number of esters is 1. The standard InChI is InChI=1S/C17H26O4Si/c1-17(2)20-12-13(21-17)11-15(16(18)19-3)22(4,5)14-9-7-6-8-10-14/h6-10,13,15H,11-12H2,1-5H3/t13-,15-/m1/s1. The van der Waals surface area contributed by atoms with Gasteiger partial charge in [0.2, 0.25) is 0 Å². The molecule has 0 N–H and O–H groups in total. The van der Waals surface area contributed by atoms with Gasteiger partial charge in [-0.15, -0.1) is 0 Å². The SMILES string of the molecule is COC(=O)[C@@H](C[C@@H]1COC(C)(C)O1)[Si](C)(C)c1ccccc1. The summed E-state index contributed by atoms with van der Waals surface area (Å²) in [6, 6.07) is 10.3. The average molecular weight is 322 g/mol. The molecular weight excluding hydrogens is 296 g/mol. The van der Waals surface area contributed by atoms with E-state index in [1.165, 1.54) is 12.3 Å². The molecule has 0 bridgehead atoms.